The molecule has 1 saturated heterocycles. The van der Waals surface area contributed by atoms with Crippen LogP contribution in [0.25, 0.3) is 0 Å². The molecule has 74 valence electrons. The van der Waals surface area contributed by atoms with Crippen molar-refractivity contribution in [2.75, 3.05) is 6.54 Å². The minimum absolute atomic E-state index is 0.273. The van der Waals surface area contributed by atoms with Crippen molar-refractivity contribution in [1.82, 2.24) is 5.32 Å². The monoisotopic (exact) mass is 187 g/mol. The third-order valence-electron chi connectivity index (χ3n) is 4.08. The lowest BCUT2D eigenvalue weighted by Gasteiger charge is -2.38. The summed E-state index contributed by atoms with van der Waals surface area (Å²) >= 11 is 0. The third-order valence-corrected chi connectivity index (χ3v) is 4.08. The SMILES string of the molecule is C[C@]12NCCC[C@H]1Cc1ccccc12. The van der Waals surface area contributed by atoms with Crippen LogP contribution in [0.3, 0.4) is 0 Å². The molecule has 1 aliphatic heterocycles. The lowest BCUT2D eigenvalue weighted by Crippen LogP contribution is -2.47. The topological polar surface area (TPSA) is 12.0 Å². The summed E-state index contributed by atoms with van der Waals surface area (Å²) in [5, 5.41) is 3.71. The van der Waals surface area contributed by atoms with Gasteiger partial charge >= 0.3 is 0 Å². The Balaban J connectivity index is 2.10. The fourth-order valence-electron chi connectivity index (χ4n) is 3.22. The number of rotatable bonds is 0. The van der Waals surface area contributed by atoms with E-state index in [1.54, 1.807) is 11.1 Å². The second-order valence-corrected chi connectivity index (χ2v) is 4.83. The maximum Gasteiger partial charge on any atom is 0.0440 e. The van der Waals surface area contributed by atoms with E-state index >= 15 is 0 Å². The number of fused-ring (bicyclic) bond motifs is 3. The van der Waals surface area contributed by atoms with E-state index in [1.165, 1.54) is 25.8 Å². The predicted molar refractivity (Wildman–Crippen MR) is 58.2 cm³/mol. The molecule has 2 aliphatic rings. The van der Waals surface area contributed by atoms with Gasteiger partial charge in [-0.1, -0.05) is 24.3 Å². The first-order chi connectivity index (χ1) is 6.81. The number of hydrogen-bond donors (Lipinski definition) is 1. The van der Waals surface area contributed by atoms with Crippen molar-refractivity contribution < 1.29 is 0 Å². The molecule has 1 nitrogen and oxygen atoms in total. The van der Waals surface area contributed by atoms with Crippen LogP contribution < -0.4 is 5.32 Å². The average molecular weight is 187 g/mol. The van der Waals surface area contributed by atoms with Crippen molar-refractivity contribution in [3.05, 3.63) is 35.4 Å². The highest BCUT2D eigenvalue weighted by atomic mass is 15.0. The summed E-state index contributed by atoms with van der Waals surface area (Å²) in [4.78, 5) is 0. The van der Waals surface area contributed by atoms with Crippen molar-refractivity contribution >= 4 is 0 Å². The zero-order valence-electron chi connectivity index (χ0n) is 8.72. The minimum atomic E-state index is 0.273. The van der Waals surface area contributed by atoms with Gasteiger partial charge < -0.3 is 5.32 Å². The van der Waals surface area contributed by atoms with Crippen LogP contribution in [0.4, 0.5) is 0 Å². The molecule has 2 atom stereocenters. The van der Waals surface area contributed by atoms with Crippen molar-refractivity contribution in [3.8, 4) is 0 Å². The average Bonchev–Trinajstić information content (AvgIpc) is 2.51. The van der Waals surface area contributed by atoms with Gasteiger partial charge in [-0.05, 0) is 49.8 Å². The van der Waals surface area contributed by atoms with Gasteiger partial charge in [-0.3, -0.25) is 0 Å². The van der Waals surface area contributed by atoms with Gasteiger partial charge in [0.15, 0.2) is 0 Å². The summed E-state index contributed by atoms with van der Waals surface area (Å²) in [6.07, 6.45) is 4.01. The van der Waals surface area contributed by atoms with Crippen LogP contribution in [0, 0.1) is 5.92 Å². The van der Waals surface area contributed by atoms with E-state index < -0.39 is 0 Å². The van der Waals surface area contributed by atoms with Gasteiger partial charge in [-0.2, -0.15) is 0 Å². The Labute approximate surface area is 85.5 Å². The largest absolute Gasteiger partial charge is 0.307 e. The first-order valence-corrected chi connectivity index (χ1v) is 5.64. The van der Waals surface area contributed by atoms with E-state index in [1.807, 2.05) is 0 Å². The first-order valence-electron chi connectivity index (χ1n) is 5.64. The first kappa shape index (κ1) is 8.49. The molecule has 0 spiro atoms. The van der Waals surface area contributed by atoms with Crippen LogP contribution in [-0.2, 0) is 12.0 Å². The Hall–Kier alpha value is -0.820. The molecular weight excluding hydrogens is 170 g/mol. The van der Waals surface area contributed by atoms with Crippen molar-refractivity contribution in [3.63, 3.8) is 0 Å². The maximum absolute atomic E-state index is 3.71. The fraction of sp³-hybridized carbons (Fsp3) is 0.538. The fourth-order valence-corrected chi connectivity index (χ4v) is 3.22. The number of benzene rings is 1. The summed E-state index contributed by atoms with van der Waals surface area (Å²) in [7, 11) is 0. The molecule has 0 radical (unpaired) electrons. The molecule has 1 fully saturated rings. The Kier molecular flexibility index (Phi) is 1.72. The number of nitrogens with one attached hydrogen (secondary N) is 1. The van der Waals surface area contributed by atoms with E-state index in [4.69, 9.17) is 0 Å². The van der Waals surface area contributed by atoms with Crippen LogP contribution in [-0.4, -0.2) is 6.54 Å². The van der Waals surface area contributed by atoms with Gasteiger partial charge in [0.05, 0.1) is 0 Å². The lowest BCUT2D eigenvalue weighted by atomic mass is 9.80. The van der Waals surface area contributed by atoms with Crippen molar-refractivity contribution in [2.24, 2.45) is 5.92 Å². The Morgan fingerprint density at radius 2 is 2.21 bits per heavy atom. The molecule has 0 unspecified atom stereocenters. The highest BCUT2D eigenvalue weighted by Gasteiger charge is 2.43. The van der Waals surface area contributed by atoms with Gasteiger partial charge in [-0.25, -0.2) is 0 Å². The molecule has 14 heavy (non-hydrogen) atoms. The van der Waals surface area contributed by atoms with Crippen LogP contribution in [0.1, 0.15) is 30.9 Å². The second-order valence-electron chi connectivity index (χ2n) is 4.83. The summed E-state index contributed by atoms with van der Waals surface area (Å²) in [5.74, 6) is 0.827. The molecule has 1 heteroatoms. The highest BCUT2D eigenvalue weighted by molar-refractivity contribution is 5.40. The zero-order valence-corrected chi connectivity index (χ0v) is 8.72. The smallest absolute Gasteiger partial charge is 0.0440 e. The minimum Gasteiger partial charge on any atom is -0.307 e. The van der Waals surface area contributed by atoms with Gasteiger partial charge in [0.1, 0.15) is 0 Å². The normalized spacial score (nSPS) is 35.1. The molecule has 1 heterocycles. The van der Waals surface area contributed by atoms with Gasteiger partial charge in [0.2, 0.25) is 0 Å². The molecule has 1 aromatic carbocycles. The third kappa shape index (κ3) is 0.992. The van der Waals surface area contributed by atoms with Gasteiger partial charge in [0.25, 0.3) is 0 Å². The summed E-state index contributed by atoms with van der Waals surface area (Å²) in [6.45, 7) is 3.56. The summed E-state index contributed by atoms with van der Waals surface area (Å²) < 4.78 is 0. The van der Waals surface area contributed by atoms with E-state index in [2.05, 4.69) is 36.5 Å². The predicted octanol–water partition coefficient (Wildman–Crippen LogP) is 2.46. The Morgan fingerprint density at radius 1 is 1.36 bits per heavy atom. The molecule has 0 saturated carbocycles. The molecule has 0 aromatic heterocycles. The quantitative estimate of drug-likeness (QED) is 0.658. The van der Waals surface area contributed by atoms with Gasteiger partial charge in [-0.15, -0.1) is 0 Å². The molecule has 1 aliphatic carbocycles. The summed E-state index contributed by atoms with van der Waals surface area (Å²) in [5.41, 5.74) is 3.38. The maximum atomic E-state index is 3.71. The standard InChI is InChI=1S/C13H17N/c1-13-11(6-4-8-14-13)9-10-5-2-3-7-12(10)13/h2-3,5,7,11,14H,4,6,8-9H2,1H3/t11-,13-/m0/s1. The number of piperidine rings is 1. The van der Waals surface area contributed by atoms with E-state index in [9.17, 15) is 0 Å². The highest BCUT2D eigenvalue weighted by Crippen LogP contribution is 2.44. The van der Waals surface area contributed by atoms with Gasteiger partial charge in [0, 0.05) is 5.54 Å². The molecular formula is C13H17N. The van der Waals surface area contributed by atoms with E-state index in [0.29, 0.717) is 0 Å². The van der Waals surface area contributed by atoms with Crippen LogP contribution in [0.2, 0.25) is 0 Å². The molecule has 0 amide bonds. The molecule has 1 N–H and O–H groups in total. The van der Waals surface area contributed by atoms with Crippen LogP contribution >= 0.6 is 0 Å². The van der Waals surface area contributed by atoms with Crippen molar-refractivity contribution in [1.29, 1.82) is 0 Å². The molecule has 3 rings (SSSR count). The molecule has 0 bridgehead atoms. The van der Waals surface area contributed by atoms with Crippen LogP contribution in [0.5, 0.6) is 0 Å². The zero-order chi connectivity index (χ0) is 9.60. The Morgan fingerprint density at radius 3 is 3.14 bits per heavy atom. The summed E-state index contributed by atoms with van der Waals surface area (Å²) in [6, 6.07) is 8.93. The van der Waals surface area contributed by atoms with E-state index in [0.717, 1.165) is 5.92 Å². The van der Waals surface area contributed by atoms with E-state index in [-0.39, 0.29) is 5.54 Å². The lowest BCUT2D eigenvalue weighted by molar-refractivity contribution is 0.197. The van der Waals surface area contributed by atoms with Crippen LogP contribution in [0.15, 0.2) is 24.3 Å². The van der Waals surface area contributed by atoms with Crippen molar-refractivity contribution in [2.45, 2.75) is 31.7 Å². The second kappa shape index (κ2) is 2.83. The number of hydrogen-bond acceptors (Lipinski definition) is 1. The Bertz CT molecular complexity index is 358. The molecule has 1 aromatic rings.